The van der Waals surface area contributed by atoms with E-state index in [9.17, 15) is 4.79 Å². The van der Waals surface area contributed by atoms with Gasteiger partial charge in [-0.15, -0.1) is 0 Å². The Morgan fingerprint density at radius 2 is 1.90 bits per heavy atom. The number of benzene rings is 2. The quantitative estimate of drug-likeness (QED) is 0.616. The number of carbonyl (C=O) groups is 1. The molecule has 2 fully saturated rings. The highest BCUT2D eigenvalue weighted by molar-refractivity contribution is 7.71. The topological polar surface area (TPSA) is 67.5 Å². The summed E-state index contributed by atoms with van der Waals surface area (Å²) in [4.78, 5) is 12.3. The van der Waals surface area contributed by atoms with Crippen LogP contribution in [0, 0.1) is 4.77 Å². The largest absolute Gasteiger partial charge is 0.497 e. The molecule has 2 aliphatic rings. The highest BCUT2D eigenvalue weighted by Gasteiger charge is 2.45. The molecule has 2 bridgehead atoms. The Balaban J connectivity index is 1.66. The summed E-state index contributed by atoms with van der Waals surface area (Å²) in [5, 5.41) is 4.83. The number of nitrogens with zero attached hydrogens (tertiary/aromatic N) is 3. The van der Waals surface area contributed by atoms with Gasteiger partial charge in [0.15, 0.2) is 11.6 Å². The summed E-state index contributed by atoms with van der Waals surface area (Å²) in [6.07, 6.45) is -0.702. The van der Waals surface area contributed by atoms with Gasteiger partial charge in [0.25, 0.3) is 0 Å². The zero-order valence-corrected chi connectivity index (χ0v) is 16.5. The predicted octanol–water partition coefficient (Wildman–Crippen LogP) is 3.33. The number of fused-ring (bicyclic) bond motifs is 2. The molecule has 7 nitrogen and oxygen atoms in total. The van der Waals surface area contributed by atoms with Crippen LogP contribution in [0.2, 0.25) is 0 Å². The van der Waals surface area contributed by atoms with E-state index in [1.165, 1.54) is 0 Å². The van der Waals surface area contributed by atoms with Crippen molar-refractivity contribution in [3.63, 3.8) is 0 Å². The maximum Gasteiger partial charge on any atom is 0.218 e. The fourth-order valence-corrected chi connectivity index (χ4v) is 4.17. The molecule has 0 spiro atoms. The van der Waals surface area contributed by atoms with Crippen LogP contribution in [0.1, 0.15) is 12.5 Å². The van der Waals surface area contributed by atoms with E-state index in [0.717, 1.165) is 17.0 Å². The molecule has 0 aliphatic carbocycles. The van der Waals surface area contributed by atoms with Gasteiger partial charge < -0.3 is 14.2 Å². The minimum Gasteiger partial charge on any atom is -0.497 e. The Morgan fingerprint density at radius 3 is 2.62 bits per heavy atom. The van der Waals surface area contributed by atoms with E-state index in [2.05, 4.69) is 0 Å². The lowest BCUT2D eigenvalue weighted by Gasteiger charge is -2.26. The summed E-state index contributed by atoms with van der Waals surface area (Å²) < 4.78 is 20.6. The minimum atomic E-state index is -0.748. The van der Waals surface area contributed by atoms with Crippen molar-refractivity contribution in [1.29, 1.82) is 0 Å². The van der Waals surface area contributed by atoms with Crippen LogP contribution >= 0.6 is 12.2 Å². The second-order valence-electron chi connectivity index (χ2n) is 7.03. The van der Waals surface area contributed by atoms with Crippen LogP contribution in [-0.2, 0) is 14.3 Å². The van der Waals surface area contributed by atoms with Crippen LogP contribution in [-0.4, -0.2) is 46.2 Å². The van der Waals surface area contributed by atoms with Crippen LogP contribution in [0.25, 0.3) is 17.1 Å². The van der Waals surface area contributed by atoms with E-state index >= 15 is 0 Å². The van der Waals surface area contributed by atoms with Crippen molar-refractivity contribution in [2.75, 3.05) is 13.7 Å². The molecule has 2 saturated heterocycles. The summed E-state index contributed by atoms with van der Waals surface area (Å²) >= 11 is 5.81. The van der Waals surface area contributed by atoms with Gasteiger partial charge in [0.1, 0.15) is 11.9 Å². The molecule has 0 amide bonds. The van der Waals surface area contributed by atoms with Gasteiger partial charge in [0, 0.05) is 17.7 Å². The first kappa shape index (κ1) is 18.2. The van der Waals surface area contributed by atoms with Crippen LogP contribution in [0.3, 0.4) is 0 Å². The van der Waals surface area contributed by atoms with Gasteiger partial charge in [-0.05, 0) is 48.6 Å². The Morgan fingerprint density at radius 1 is 1.14 bits per heavy atom. The summed E-state index contributed by atoms with van der Waals surface area (Å²) in [5.74, 6) is 1.38. The molecule has 0 saturated carbocycles. The Bertz CT molecular complexity index is 1110. The van der Waals surface area contributed by atoms with Gasteiger partial charge in [-0.3, -0.25) is 9.36 Å². The molecule has 3 heterocycles. The molecule has 8 heteroatoms. The van der Waals surface area contributed by atoms with Crippen molar-refractivity contribution < 1.29 is 19.0 Å². The zero-order valence-electron chi connectivity index (χ0n) is 15.7. The van der Waals surface area contributed by atoms with Gasteiger partial charge in [-0.1, -0.05) is 18.2 Å². The number of rotatable bonds is 4. The van der Waals surface area contributed by atoms with Crippen molar-refractivity contribution in [2.24, 2.45) is 0 Å². The van der Waals surface area contributed by atoms with Crippen LogP contribution in [0.15, 0.2) is 54.6 Å². The second-order valence-corrected chi connectivity index (χ2v) is 7.39. The van der Waals surface area contributed by atoms with E-state index < -0.39 is 6.29 Å². The van der Waals surface area contributed by atoms with Crippen LogP contribution in [0.4, 0.5) is 0 Å². The zero-order chi connectivity index (χ0) is 20.0. The Hall–Kier alpha value is -2.81. The van der Waals surface area contributed by atoms with Gasteiger partial charge >= 0.3 is 0 Å². The third kappa shape index (κ3) is 3.09. The molecule has 29 heavy (non-hydrogen) atoms. The number of carbonyl (C=O) groups excluding carboxylic acids is 1. The fourth-order valence-electron chi connectivity index (χ4n) is 3.80. The van der Waals surface area contributed by atoms with Crippen molar-refractivity contribution in [1.82, 2.24) is 14.3 Å². The van der Waals surface area contributed by atoms with Crippen LogP contribution < -0.4 is 4.74 Å². The molecular weight excluding hydrogens is 390 g/mol. The van der Waals surface area contributed by atoms with Crippen molar-refractivity contribution in [2.45, 2.75) is 24.9 Å². The molecule has 1 aromatic heterocycles. The van der Waals surface area contributed by atoms with Gasteiger partial charge in [-0.2, -0.15) is 5.10 Å². The summed E-state index contributed by atoms with van der Waals surface area (Å²) in [7, 11) is 1.63. The number of methoxy groups -OCH3 is 1. The number of aromatic nitrogens is 3. The standard InChI is InChI=1S/C21H19N3O4S/c1-26-15-9-7-13(8-10-15)19-22-24(16-11-17(25)20-27-12-18(16)28-20)21(29)23(19)14-5-3-2-4-6-14/h2-10,16,18,20H,11-12H2,1H3/t16-,18-,20+/m1/s1. The first-order valence-electron chi connectivity index (χ1n) is 9.37. The Labute approximate surface area is 172 Å². The molecular formula is C21H19N3O4S. The molecule has 2 aromatic carbocycles. The number of hydrogen-bond acceptors (Lipinski definition) is 6. The third-order valence-electron chi connectivity index (χ3n) is 5.29. The lowest BCUT2D eigenvalue weighted by molar-refractivity contribution is -0.156. The first-order chi connectivity index (χ1) is 14.2. The number of hydrogen-bond donors (Lipinski definition) is 0. The molecule has 0 radical (unpaired) electrons. The average molecular weight is 409 g/mol. The Kier molecular flexibility index (Phi) is 4.54. The van der Waals surface area contributed by atoms with E-state index in [1.807, 2.05) is 59.2 Å². The van der Waals surface area contributed by atoms with Gasteiger partial charge in [0.05, 0.1) is 19.8 Å². The van der Waals surface area contributed by atoms with Crippen LogP contribution in [0.5, 0.6) is 5.75 Å². The monoisotopic (exact) mass is 409 g/mol. The van der Waals surface area contributed by atoms with E-state index in [1.54, 1.807) is 11.8 Å². The van der Waals surface area contributed by atoms with E-state index in [4.69, 9.17) is 31.5 Å². The molecule has 3 atom stereocenters. The highest BCUT2D eigenvalue weighted by atomic mass is 32.1. The van der Waals surface area contributed by atoms with Crippen molar-refractivity contribution >= 4 is 18.0 Å². The molecule has 148 valence electrons. The molecule has 0 unspecified atom stereocenters. The maximum absolute atomic E-state index is 12.3. The predicted molar refractivity (Wildman–Crippen MR) is 108 cm³/mol. The smallest absolute Gasteiger partial charge is 0.218 e. The minimum absolute atomic E-state index is 0.0779. The summed E-state index contributed by atoms with van der Waals surface area (Å²) in [6, 6.07) is 17.2. The molecule has 5 rings (SSSR count). The normalized spacial score (nSPS) is 23.3. The van der Waals surface area contributed by atoms with Gasteiger partial charge in [0.2, 0.25) is 11.1 Å². The lowest BCUT2D eigenvalue weighted by Crippen LogP contribution is -2.37. The fraction of sp³-hybridized carbons (Fsp3) is 0.286. The third-order valence-corrected chi connectivity index (χ3v) is 5.66. The molecule has 3 aromatic rings. The van der Waals surface area contributed by atoms with Gasteiger partial charge in [-0.25, -0.2) is 4.68 Å². The molecule has 0 N–H and O–H groups in total. The second kappa shape index (κ2) is 7.22. The molecule has 2 aliphatic heterocycles. The number of Topliss-reactive ketones (excluding diaryl/α,β-unsaturated/α-hetero) is 1. The highest BCUT2D eigenvalue weighted by Crippen LogP contribution is 2.34. The summed E-state index contributed by atoms with van der Waals surface area (Å²) in [6.45, 7) is 0.360. The van der Waals surface area contributed by atoms with Crippen molar-refractivity contribution in [3.05, 3.63) is 59.4 Å². The first-order valence-corrected chi connectivity index (χ1v) is 9.77. The average Bonchev–Trinajstić information content (AvgIpc) is 3.34. The van der Waals surface area contributed by atoms with E-state index in [0.29, 0.717) is 17.2 Å². The maximum atomic E-state index is 12.3. The number of ether oxygens (including phenoxy) is 3. The van der Waals surface area contributed by atoms with E-state index in [-0.39, 0.29) is 24.3 Å². The van der Waals surface area contributed by atoms with Crippen molar-refractivity contribution in [3.8, 4) is 22.8 Å². The SMILES string of the molecule is COc1ccc(-c2nn([C@@H]3CC(=O)[C@H]4OC[C@H]3O4)c(=S)n2-c2ccccc2)cc1. The number of ketones is 1. The lowest BCUT2D eigenvalue weighted by atomic mass is 10.0. The summed E-state index contributed by atoms with van der Waals surface area (Å²) in [5.41, 5.74) is 1.79. The number of para-hydroxylation sites is 1.